The molecule has 4 aromatic carbocycles. The molecule has 1 heterocycles. The highest BCUT2D eigenvalue weighted by molar-refractivity contribution is 6.42. The second-order valence-corrected chi connectivity index (χ2v) is 8.94. The predicted octanol–water partition coefficient (Wildman–Crippen LogP) is 8.16. The number of nitrogens with zero attached hydrogens (tertiary/aromatic N) is 1. The monoisotopic (exact) mass is 473 g/mol. The molecule has 1 N–H and O–H groups in total. The second-order valence-electron chi connectivity index (χ2n) is 8.13. The Kier molecular flexibility index (Phi) is 5.84. The van der Waals surface area contributed by atoms with Crippen molar-refractivity contribution in [2.24, 2.45) is 0 Å². The summed E-state index contributed by atoms with van der Waals surface area (Å²) < 4.78 is 2.24. The van der Waals surface area contributed by atoms with Crippen LogP contribution in [0.15, 0.2) is 84.9 Å². The number of halogens is 2. The summed E-state index contributed by atoms with van der Waals surface area (Å²) in [5.41, 5.74) is 5.27. The second kappa shape index (κ2) is 8.93. The molecule has 164 valence electrons. The Labute approximate surface area is 201 Å². The van der Waals surface area contributed by atoms with E-state index >= 15 is 0 Å². The Morgan fingerprint density at radius 3 is 2.36 bits per heavy atom. The third kappa shape index (κ3) is 4.22. The summed E-state index contributed by atoms with van der Waals surface area (Å²) >= 11 is 12.5. The van der Waals surface area contributed by atoms with Crippen LogP contribution in [0.4, 0.5) is 0 Å². The average Bonchev–Trinajstić information content (AvgIpc) is 3.21. The number of rotatable bonds is 6. The van der Waals surface area contributed by atoms with Crippen LogP contribution in [-0.2, 0) is 11.2 Å². The third-order valence-electron chi connectivity index (χ3n) is 5.98. The maximum atomic E-state index is 10.8. The number of aryl methyl sites for hydroxylation is 1. The van der Waals surface area contributed by atoms with E-state index < -0.39 is 5.97 Å². The first-order valence-electron chi connectivity index (χ1n) is 10.8. The standard InChI is InChI=1S/C28H21Cl2NO2/c29-24-14-10-20(16-25(24)30)27-17-23-22-6-2-1-5-19(22)11-15-26(23)31(27)21-12-8-18(9-13-21)4-3-7-28(32)33/h1-2,5-6,8-17H,3-4,7H2,(H,32,33). The highest BCUT2D eigenvalue weighted by Gasteiger charge is 2.15. The van der Waals surface area contributed by atoms with Gasteiger partial charge in [0.15, 0.2) is 0 Å². The van der Waals surface area contributed by atoms with E-state index in [1.54, 1.807) is 0 Å². The number of fused-ring (bicyclic) bond motifs is 3. The molecule has 0 bridgehead atoms. The van der Waals surface area contributed by atoms with Crippen LogP contribution < -0.4 is 0 Å². The molecule has 0 radical (unpaired) electrons. The lowest BCUT2D eigenvalue weighted by molar-refractivity contribution is -0.137. The van der Waals surface area contributed by atoms with Crippen LogP contribution in [0, 0.1) is 0 Å². The molecule has 0 fully saturated rings. The van der Waals surface area contributed by atoms with E-state index in [0.717, 1.165) is 34.4 Å². The number of aromatic nitrogens is 1. The van der Waals surface area contributed by atoms with Crippen LogP contribution in [0.1, 0.15) is 18.4 Å². The van der Waals surface area contributed by atoms with Crippen LogP contribution in [0.2, 0.25) is 10.0 Å². The third-order valence-corrected chi connectivity index (χ3v) is 6.72. The summed E-state index contributed by atoms with van der Waals surface area (Å²) in [5, 5.41) is 13.5. The summed E-state index contributed by atoms with van der Waals surface area (Å²) in [4.78, 5) is 10.8. The molecular weight excluding hydrogens is 453 g/mol. The van der Waals surface area contributed by atoms with Crippen LogP contribution in [0.25, 0.3) is 38.6 Å². The first-order valence-corrected chi connectivity index (χ1v) is 11.6. The normalized spacial score (nSPS) is 11.3. The van der Waals surface area contributed by atoms with E-state index in [4.69, 9.17) is 28.3 Å². The lowest BCUT2D eigenvalue weighted by atomic mass is 10.1. The van der Waals surface area contributed by atoms with Gasteiger partial charge in [-0.2, -0.15) is 0 Å². The van der Waals surface area contributed by atoms with Crippen molar-refractivity contribution in [3.63, 3.8) is 0 Å². The molecule has 3 nitrogen and oxygen atoms in total. The van der Waals surface area contributed by atoms with Crippen molar-refractivity contribution in [3.05, 3.63) is 101 Å². The molecule has 5 aromatic rings. The lowest BCUT2D eigenvalue weighted by Gasteiger charge is -2.13. The first-order chi connectivity index (χ1) is 16.0. The minimum absolute atomic E-state index is 0.179. The van der Waals surface area contributed by atoms with E-state index in [9.17, 15) is 4.79 Å². The number of carboxylic acid groups (broad SMARTS) is 1. The minimum atomic E-state index is -0.760. The molecular formula is C28H21Cl2NO2. The lowest BCUT2D eigenvalue weighted by Crippen LogP contribution is -1.98. The van der Waals surface area contributed by atoms with Crippen molar-refractivity contribution >= 4 is 50.8 Å². The molecule has 0 aliphatic heterocycles. The fraction of sp³-hybridized carbons (Fsp3) is 0.107. The molecule has 0 atom stereocenters. The SMILES string of the molecule is O=C(O)CCCc1ccc(-n2c(-c3ccc(Cl)c(Cl)c3)cc3c4ccccc4ccc32)cc1. The molecule has 0 saturated heterocycles. The molecule has 33 heavy (non-hydrogen) atoms. The number of hydrogen-bond donors (Lipinski definition) is 1. The van der Waals surface area contributed by atoms with Crippen LogP contribution in [0.5, 0.6) is 0 Å². The average molecular weight is 474 g/mol. The molecule has 0 aliphatic carbocycles. The van der Waals surface area contributed by atoms with Gasteiger partial charge in [0, 0.05) is 23.1 Å². The number of carboxylic acids is 1. The van der Waals surface area contributed by atoms with Gasteiger partial charge in [0.1, 0.15) is 0 Å². The zero-order valence-corrected chi connectivity index (χ0v) is 19.3. The highest BCUT2D eigenvalue weighted by atomic mass is 35.5. The maximum Gasteiger partial charge on any atom is 0.303 e. The Balaban J connectivity index is 1.67. The summed E-state index contributed by atoms with van der Waals surface area (Å²) in [5.74, 6) is -0.760. The summed E-state index contributed by atoms with van der Waals surface area (Å²) in [6.07, 6.45) is 1.55. The number of carbonyl (C=O) groups is 1. The number of hydrogen-bond acceptors (Lipinski definition) is 1. The smallest absolute Gasteiger partial charge is 0.303 e. The fourth-order valence-corrected chi connectivity index (χ4v) is 4.66. The van der Waals surface area contributed by atoms with Gasteiger partial charge in [-0.05, 0) is 65.6 Å². The highest BCUT2D eigenvalue weighted by Crippen LogP contribution is 2.37. The number of aliphatic carboxylic acids is 1. The number of benzene rings is 4. The summed E-state index contributed by atoms with van der Waals surface area (Å²) in [6.45, 7) is 0. The van der Waals surface area contributed by atoms with Gasteiger partial charge in [-0.3, -0.25) is 4.79 Å². The first kappa shape index (κ1) is 21.6. The Morgan fingerprint density at radius 2 is 1.61 bits per heavy atom. The van der Waals surface area contributed by atoms with Crippen LogP contribution >= 0.6 is 23.2 Å². The van der Waals surface area contributed by atoms with E-state index in [1.807, 2.05) is 24.3 Å². The molecule has 0 amide bonds. The van der Waals surface area contributed by atoms with Gasteiger partial charge < -0.3 is 9.67 Å². The summed E-state index contributed by atoms with van der Waals surface area (Å²) in [6, 6.07) is 28.9. The maximum absolute atomic E-state index is 10.8. The van der Waals surface area contributed by atoms with Gasteiger partial charge >= 0.3 is 5.97 Å². The van der Waals surface area contributed by atoms with E-state index in [2.05, 4.69) is 65.2 Å². The molecule has 5 rings (SSSR count). The Hall–Kier alpha value is -3.27. The van der Waals surface area contributed by atoms with Gasteiger partial charge in [-0.25, -0.2) is 0 Å². The van der Waals surface area contributed by atoms with Gasteiger partial charge in [0.25, 0.3) is 0 Å². The largest absolute Gasteiger partial charge is 0.481 e. The topological polar surface area (TPSA) is 42.2 Å². The zero-order chi connectivity index (χ0) is 22.9. The minimum Gasteiger partial charge on any atom is -0.481 e. The van der Waals surface area contributed by atoms with Crippen LogP contribution in [-0.4, -0.2) is 15.6 Å². The van der Waals surface area contributed by atoms with E-state index in [1.165, 1.54) is 16.2 Å². The van der Waals surface area contributed by atoms with Crippen molar-refractivity contribution in [3.8, 4) is 16.9 Å². The molecule has 5 heteroatoms. The van der Waals surface area contributed by atoms with Crippen molar-refractivity contribution in [2.45, 2.75) is 19.3 Å². The molecule has 0 unspecified atom stereocenters. The fourth-order valence-electron chi connectivity index (χ4n) is 4.36. The van der Waals surface area contributed by atoms with Crippen molar-refractivity contribution in [1.29, 1.82) is 0 Å². The van der Waals surface area contributed by atoms with Gasteiger partial charge in [0.2, 0.25) is 0 Å². The zero-order valence-electron chi connectivity index (χ0n) is 17.8. The van der Waals surface area contributed by atoms with Crippen molar-refractivity contribution in [1.82, 2.24) is 4.57 Å². The molecule has 0 saturated carbocycles. The van der Waals surface area contributed by atoms with E-state index in [0.29, 0.717) is 16.5 Å². The van der Waals surface area contributed by atoms with Crippen molar-refractivity contribution < 1.29 is 9.90 Å². The van der Waals surface area contributed by atoms with Gasteiger partial charge in [-0.1, -0.05) is 71.7 Å². The van der Waals surface area contributed by atoms with Crippen LogP contribution in [0.3, 0.4) is 0 Å². The predicted molar refractivity (Wildman–Crippen MR) is 137 cm³/mol. The summed E-state index contributed by atoms with van der Waals surface area (Å²) in [7, 11) is 0. The molecule has 0 aliphatic rings. The van der Waals surface area contributed by atoms with Crippen molar-refractivity contribution in [2.75, 3.05) is 0 Å². The molecule has 1 aromatic heterocycles. The van der Waals surface area contributed by atoms with E-state index in [-0.39, 0.29) is 6.42 Å². The Bertz CT molecular complexity index is 1490. The van der Waals surface area contributed by atoms with Gasteiger partial charge in [0.05, 0.1) is 21.3 Å². The quantitative estimate of drug-likeness (QED) is 0.270. The molecule has 0 spiro atoms. The van der Waals surface area contributed by atoms with Gasteiger partial charge in [-0.15, -0.1) is 0 Å². The Morgan fingerprint density at radius 1 is 0.818 bits per heavy atom.